The predicted molar refractivity (Wildman–Crippen MR) is 95.2 cm³/mol. The number of aromatic hydroxyl groups is 1. The van der Waals surface area contributed by atoms with Crippen molar-refractivity contribution in [3.63, 3.8) is 0 Å². The van der Waals surface area contributed by atoms with Gasteiger partial charge >= 0.3 is 0 Å². The first-order chi connectivity index (χ1) is 11.7. The molecule has 0 amide bonds. The molecule has 0 fully saturated rings. The number of benzene rings is 2. The van der Waals surface area contributed by atoms with Crippen LogP contribution in [0.2, 0.25) is 5.02 Å². The number of rotatable bonds is 4. The van der Waals surface area contributed by atoms with Crippen LogP contribution < -0.4 is 0 Å². The number of hydrogen-bond acceptors (Lipinski definition) is 5. The highest BCUT2D eigenvalue weighted by molar-refractivity contribution is 6.30. The Kier molecular flexibility index (Phi) is 4.93. The molecular weight excluding hydrogens is 324 g/mol. The predicted octanol–water partition coefficient (Wildman–Crippen LogP) is 5.61. The van der Waals surface area contributed by atoms with Gasteiger partial charge in [0.15, 0.2) is 5.82 Å². The molecule has 24 heavy (non-hydrogen) atoms. The summed E-state index contributed by atoms with van der Waals surface area (Å²) in [4.78, 5) is 8.32. The fourth-order valence-electron chi connectivity index (χ4n) is 1.90. The molecule has 0 aliphatic heterocycles. The number of aromatic nitrogens is 1. The fourth-order valence-corrected chi connectivity index (χ4v) is 2.02. The first-order valence-electron chi connectivity index (χ1n) is 7.16. The topological polar surface area (TPSA) is 70.2 Å². The summed E-state index contributed by atoms with van der Waals surface area (Å²) >= 11 is 5.83. The molecule has 118 valence electrons. The van der Waals surface area contributed by atoms with Gasteiger partial charge in [-0.1, -0.05) is 17.7 Å². The number of azo groups is 1. The van der Waals surface area contributed by atoms with Gasteiger partial charge in [0.25, 0.3) is 0 Å². The molecule has 1 N–H and O–H groups in total. The van der Waals surface area contributed by atoms with E-state index in [1.165, 1.54) is 0 Å². The first kappa shape index (κ1) is 15.8. The molecule has 1 heterocycles. The molecule has 2 aromatic carbocycles. The minimum atomic E-state index is 0.111. The van der Waals surface area contributed by atoms with Gasteiger partial charge in [0.2, 0.25) is 0 Å². The van der Waals surface area contributed by atoms with Crippen LogP contribution in [0.15, 0.2) is 82.1 Å². The first-order valence-corrected chi connectivity index (χ1v) is 7.54. The molecule has 0 atom stereocenters. The third-order valence-corrected chi connectivity index (χ3v) is 3.36. The molecule has 0 saturated heterocycles. The van der Waals surface area contributed by atoms with E-state index in [1.54, 1.807) is 60.9 Å². The molecule has 0 aliphatic rings. The number of nitrogens with zero attached hydrogens (tertiary/aromatic N) is 4. The Morgan fingerprint density at radius 2 is 1.67 bits per heavy atom. The van der Waals surface area contributed by atoms with Crippen molar-refractivity contribution in [3.8, 4) is 5.75 Å². The molecule has 3 aromatic rings. The number of phenolic OH excluding ortho intramolecular Hbond substituents is 1. The van der Waals surface area contributed by atoms with Crippen LogP contribution in [-0.4, -0.2) is 16.3 Å². The molecule has 0 unspecified atom stereocenters. The number of aliphatic imine (C=N–C) groups is 1. The van der Waals surface area contributed by atoms with Gasteiger partial charge in [0.05, 0.1) is 11.4 Å². The summed E-state index contributed by atoms with van der Waals surface area (Å²) in [5, 5.41) is 18.9. The molecule has 0 radical (unpaired) electrons. The standard InChI is InChI=1S/C18H13ClN4O/c19-14-4-6-15(7-5-14)22-23-16-8-9-17(24)13(11-16)12-21-18-3-1-2-10-20-18/h1-12,24H/b21-12+,23-22?. The van der Waals surface area contributed by atoms with Crippen molar-refractivity contribution in [1.29, 1.82) is 0 Å². The van der Waals surface area contributed by atoms with E-state index in [0.29, 0.717) is 27.8 Å². The molecule has 0 bridgehead atoms. The molecule has 3 rings (SSSR count). The van der Waals surface area contributed by atoms with Crippen LogP contribution in [0, 0.1) is 0 Å². The van der Waals surface area contributed by atoms with E-state index in [-0.39, 0.29) is 5.75 Å². The number of hydrogen-bond donors (Lipinski definition) is 1. The van der Waals surface area contributed by atoms with E-state index in [9.17, 15) is 5.11 Å². The van der Waals surface area contributed by atoms with Crippen molar-refractivity contribution in [1.82, 2.24) is 4.98 Å². The Morgan fingerprint density at radius 3 is 2.42 bits per heavy atom. The summed E-state index contributed by atoms with van der Waals surface area (Å²) in [7, 11) is 0. The monoisotopic (exact) mass is 336 g/mol. The molecule has 6 heteroatoms. The summed E-state index contributed by atoms with van der Waals surface area (Å²) < 4.78 is 0. The van der Waals surface area contributed by atoms with E-state index in [0.717, 1.165) is 0 Å². The maximum atomic E-state index is 9.93. The summed E-state index contributed by atoms with van der Waals surface area (Å²) in [6.07, 6.45) is 3.20. The van der Waals surface area contributed by atoms with Crippen LogP contribution in [0.1, 0.15) is 5.56 Å². The zero-order chi connectivity index (χ0) is 16.8. The summed E-state index contributed by atoms with van der Waals surface area (Å²) in [5.74, 6) is 0.671. The lowest BCUT2D eigenvalue weighted by Crippen LogP contribution is -1.82. The van der Waals surface area contributed by atoms with Gasteiger partial charge in [-0.05, 0) is 54.6 Å². The van der Waals surface area contributed by atoms with Gasteiger partial charge in [-0.15, -0.1) is 0 Å². The molecule has 5 nitrogen and oxygen atoms in total. The van der Waals surface area contributed by atoms with Crippen LogP contribution in [0.25, 0.3) is 0 Å². The Bertz CT molecular complexity index is 877. The van der Waals surface area contributed by atoms with Crippen LogP contribution in [0.3, 0.4) is 0 Å². The lowest BCUT2D eigenvalue weighted by molar-refractivity contribution is 0.474. The van der Waals surface area contributed by atoms with Gasteiger partial charge in [0.1, 0.15) is 5.75 Å². The zero-order valence-corrected chi connectivity index (χ0v) is 13.3. The zero-order valence-electron chi connectivity index (χ0n) is 12.5. The SMILES string of the molecule is Oc1ccc(N=Nc2ccc(Cl)cc2)cc1/C=N/c1ccccn1. The second-order valence-electron chi connectivity index (χ2n) is 4.87. The average molecular weight is 337 g/mol. The van der Waals surface area contributed by atoms with Crippen LogP contribution in [0.4, 0.5) is 17.2 Å². The van der Waals surface area contributed by atoms with Crippen LogP contribution >= 0.6 is 11.6 Å². The molecule has 0 aliphatic carbocycles. The van der Waals surface area contributed by atoms with E-state index in [4.69, 9.17) is 11.6 Å². The number of pyridine rings is 1. The van der Waals surface area contributed by atoms with Crippen molar-refractivity contribution in [3.05, 3.63) is 77.4 Å². The van der Waals surface area contributed by atoms with Crippen LogP contribution in [-0.2, 0) is 0 Å². The van der Waals surface area contributed by atoms with Gasteiger partial charge in [0, 0.05) is 23.0 Å². The highest BCUT2D eigenvalue weighted by Crippen LogP contribution is 2.25. The fraction of sp³-hybridized carbons (Fsp3) is 0. The van der Waals surface area contributed by atoms with Gasteiger partial charge < -0.3 is 5.11 Å². The summed E-state index contributed by atoms with van der Waals surface area (Å²) in [6.45, 7) is 0. The van der Waals surface area contributed by atoms with Crippen molar-refractivity contribution in [2.45, 2.75) is 0 Å². The number of halogens is 1. The van der Waals surface area contributed by atoms with Gasteiger partial charge in [-0.3, -0.25) is 0 Å². The second kappa shape index (κ2) is 7.48. The van der Waals surface area contributed by atoms with Crippen molar-refractivity contribution >= 4 is 35.0 Å². The average Bonchev–Trinajstić information content (AvgIpc) is 2.62. The molecule has 1 aromatic heterocycles. The van der Waals surface area contributed by atoms with Crippen molar-refractivity contribution < 1.29 is 5.11 Å². The third kappa shape index (κ3) is 4.24. The Balaban J connectivity index is 1.81. The van der Waals surface area contributed by atoms with Gasteiger partial charge in [-0.25, -0.2) is 9.98 Å². The van der Waals surface area contributed by atoms with Crippen molar-refractivity contribution in [2.75, 3.05) is 0 Å². The molecule has 0 spiro atoms. The van der Waals surface area contributed by atoms with Crippen molar-refractivity contribution in [2.24, 2.45) is 15.2 Å². The van der Waals surface area contributed by atoms with E-state index >= 15 is 0 Å². The largest absolute Gasteiger partial charge is 0.507 e. The summed E-state index contributed by atoms with van der Waals surface area (Å²) in [5.41, 5.74) is 1.83. The molecule has 0 saturated carbocycles. The van der Waals surface area contributed by atoms with Crippen LogP contribution in [0.5, 0.6) is 5.75 Å². The second-order valence-corrected chi connectivity index (χ2v) is 5.30. The Labute approximate surface area is 144 Å². The van der Waals surface area contributed by atoms with E-state index in [2.05, 4.69) is 20.2 Å². The maximum absolute atomic E-state index is 9.93. The Morgan fingerprint density at radius 1 is 0.917 bits per heavy atom. The lowest BCUT2D eigenvalue weighted by Gasteiger charge is -2.00. The highest BCUT2D eigenvalue weighted by Gasteiger charge is 2.01. The smallest absolute Gasteiger partial charge is 0.151 e. The quantitative estimate of drug-likeness (QED) is 0.497. The van der Waals surface area contributed by atoms with E-state index in [1.807, 2.05) is 12.1 Å². The minimum Gasteiger partial charge on any atom is -0.507 e. The maximum Gasteiger partial charge on any atom is 0.151 e. The summed E-state index contributed by atoms with van der Waals surface area (Å²) in [6, 6.07) is 17.4. The number of phenols is 1. The third-order valence-electron chi connectivity index (χ3n) is 3.10. The molecular formula is C18H13ClN4O. The minimum absolute atomic E-state index is 0.111. The normalized spacial score (nSPS) is 11.4. The van der Waals surface area contributed by atoms with Gasteiger partial charge in [-0.2, -0.15) is 10.2 Å². The highest BCUT2D eigenvalue weighted by atomic mass is 35.5. The Hall–Kier alpha value is -3.05. The van der Waals surface area contributed by atoms with E-state index < -0.39 is 0 Å². The lowest BCUT2D eigenvalue weighted by atomic mass is 10.2.